The fraction of sp³-hybridized carbons (Fsp3) is 0.0870. The zero-order valence-corrected chi connectivity index (χ0v) is 17.9. The van der Waals surface area contributed by atoms with Gasteiger partial charge in [0.2, 0.25) is 11.3 Å². The van der Waals surface area contributed by atoms with Gasteiger partial charge in [0, 0.05) is 17.4 Å². The summed E-state index contributed by atoms with van der Waals surface area (Å²) in [5.41, 5.74) is 3.73. The van der Waals surface area contributed by atoms with Crippen molar-refractivity contribution >= 4 is 33.1 Å². The van der Waals surface area contributed by atoms with E-state index in [9.17, 15) is 13.4 Å². The number of fused-ring (bicyclic) bond motifs is 2. The minimum atomic E-state index is -2.14. The Morgan fingerprint density at radius 1 is 1.06 bits per heavy atom. The molecular weight excluding hydrogens is 445 g/mol. The third-order valence-corrected chi connectivity index (χ3v) is 5.77. The first kappa shape index (κ1) is 21.1. The molecule has 4 N–H and O–H groups in total. The smallest absolute Gasteiger partial charge is 0.272 e. The SMILES string of the molecule is O=c1[nH]nc(Cc2ccc(F)c(-c3ccc4nc(CNS(=O)O)[nH]c4c3)c2)c2ccccc12. The second-order valence-corrected chi connectivity index (χ2v) is 8.31. The number of imidazole rings is 1. The molecule has 1 atom stereocenters. The highest BCUT2D eigenvalue weighted by Gasteiger charge is 2.12. The molecule has 0 bridgehead atoms. The standard InChI is InChI=1S/C23H18FN5O3S/c24-18-7-5-13(10-20-15-3-1-2-4-16(15)23(30)29-28-20)9-17(18)14-6-8-19-21(11-14)27-22(26-19)12-25-33(31)32/h1-9,11,25H,10,12H2,(H,26,27)(H,29,30)(H,31,32). The van der Waals surface area contributed by atoms with Crippen LogP contribution in [0.5, 0.6) is 0 Å². The van der Waals surface area contributed by atoms with Gasteiger partial charge < -0.3 is 4.98 Å². The summed E-state index contributed by atoms with van der Waals surface area (Å²) >= 11 is -2.14. The Hall–Kier alpha value is -3.73. The topological polar surface area (TPSA) is 124 Å². The largest absolute Gasteiger partial charge is 0.341 e. The minimum absolute atomic E-state index is 0.0943. The molecule has 0 fully saturated rings. The lowest BCUT2D eigenvalue weighted by atomic mass is 9.98. The lowest BCUT2D eigenvalue weighted by Gasteiger charge is -2.09. The summed E-state index contributed by atoms with van der Waals surface area (Å²) in [5.74, 6) is 0.129. The molecular formula is C23H18FN5O3S. The van der Waals surface area contributed by atoms with Crippen molar-refractivity contribution in [3.63, 3.8) is 0 Å². The van der Waals surface area contributed by atoms with Gasteiger partial charge in [0.1, 0.15) is 11.6 Å². The van der Waals surface area contributed by atoms with E-state index in [-0.39, 0.29) is 17.9 Å². The first-order valence-corrected chi connectivity index (χ1v) is 11.2. The first-order chi connectivity index (χ1) is 16.0. The molecule has 33 heavy (non-hydrogen) atoms. The Morgan fingerprint density at radius 2 is 1.88 bits per heavy atom. The Balaban J connectivity index is 1.49. The molecule has 5 aromatic rings. The predicted molar refractivity (Wildman–Crippen MR) is 124 cm³/mol. The summed E-state index contributed by atoms with van der Waals surface area (Å²) in [6.45, 7) is 0.0943. The van der Waals surface area contributed by atoms with Crippen molar-refractivity contribution in [1.29, 1.82) is 0 Å². The summed E-state index contributed by atoms with van der Waals surface area (Å²) in [6.07, 6.45) is 0.422. The number of hydrogen-bond acceptors (Lipinski definition) is 4. The molecule has 1 unspecified atom stereocenters. The van der Waals surface area contributed by atoms with Crippen LogP contribution in [0.25, 0.3) is 32.9 Å². The van der Waals surface area contributed by atoms with Crippen molar-refractivity contribution in [3.05, 3.63) is 93.9 Å². The molecule has 2 aromatic heterocycles. The van der Waals surface area contributed by atoms with Crippen molar-refractivity contribution in [2.45, 2.75) is 13.0 Å². The van der Waals surface area contributed by atoms with Crippen LogP contribution in [0.1, 0.15) is 17.1 Å². The van der Waals surface area contributed by atoms with Crippen LogP contribution in [0.3, 0.4) is 0 Å². The van der Waals surface area contributed by atoms with Gasteiger partial charge in [-0.05, 0) is 41.5 Å². The summed E-state index contributed by atoms with van der Waals surface area (Å²) in [5, 5.41) is 8.06. The number of nitrogens with one attached hydrogen (secondary N) is 3. The van der Waals surface area contributed by atoms with E-state index in [1.807, 2.05) is 12.1 Å². The van der Waals surface area contributed by atoms with Crippen LogP contribution in [0, 0.1) is 5.82 Å². The molecule has 0 radical (unpaired) electrons. The molecule has 2 heterocycles. The van der Waals surface area contributed by atoms with Gasteiger partial charge in [0.25, 0.3) is 5.56 Å². The Labute approximate surface area is 189 Å². The molecule has 10 heteroatoms. The summed E-state index contributed by atoms with van der Waals surface area (Å²) in [6, 6.07) is 17.5. The molecule has 0 saturated heterocycles. The Kier molecular flexibility index (Phi) is 5.55. The van der Waals surface area contributed by atoms with E-state index in [0.29, 0.717) is 45.5 Å². The molecule has 5 rings (SSSR count). The number of H-pyrrole nitrogens is 2. The molecule has 0 spiro atoms. The van der Waals surface area contributed by atoms with Crippen LogP contribution in [-0.4, -0.2) is 28.9 Å². The maximum absolute atomic E-state index is 14.8. The molecule has 0 aliphatic rings. The lowest BCUT2D eigenvalue weighted by Crippen LogP contribution is -2.16. The second kappa shape index (κ2) is 8.66. The zero-order valence-electron chi connectivity index (χ0n) is 17.1. The number of aromatic amines is 2. The van der Waals surface area contributed by atoms with Gasteiger partial charge in [-0.2, -0.15) is 5.10 Å². The predicted octanol–water partition coefficient (Wildman–Crippen LogP) is 3.42. The molecule has 0 aliphatic carbocycles. The number of aromatic nitrogens is 4. The number of nitrogens with zero attached hydrogens (tertiary/aromatic N) is 2. The van der Waals surface area contributed by atoms with E-state index in [4.69, 9.17) is 4.55 Å². The van der Waals surface area contributed by atoms with Crippen LogP contribution >= 0.6 is 0 Å². The fourth-order valence-corrected chi connectivity index (χ4v) is 4.11. The van der Waals surface area contributed by atoms with Crippen LogP contribution in [0.4, 0.5) is 4.39 Å². The van der Waals surface area contributed by atoms with Gasteiger partial charge in [-0.25, -0.2) is 23.4 Å². The Morgan fingerprint density at radius 3 is 2.70 bits per heavy atom. The highest BCUT2D eigenvalue weighted by molar-refractivity contribution is 7.77. The normalized spacial score (nSPS) is 12.4. The van der Waals surface area contributed by atoms with Crippen molar-refractivity contribution in [3.8, 4) is 11.1 Å². The number of rotatable bonds is 6. The van der Waals surface area contributed by atoms with E-state index < -0.39 is 11.3 Å². The third-order valence-electron chi connectivity index (χ3n) is 5.38. The molecule has 3 aromatic carbocycles. The monoisotopic (exact) mass is 463 g/mol. The van der Waals surface area contributed by atoms with Crippen molar-refractivity contribution < 1.29 is 13.2 Å². The summed E-state index contributed by atoms with van der Waals surface area (Å²) in [4.78, 5) is 19.5. The van der Waals surface area contributed by atoms with Crippen molar-refractivity contribution in [1.82, 2.24) is 24.9 Å². The summed E-state index contributed by atoms with van der Waals surface area (Å²) < 4.78 is 36.8. The number of benzene rings is 3. The van der Waals surface area contributed by atoms with Gasteiger partial charge in [-0.15, -0.1) is 0 Å². The average molecular weight is 463 g/mol. The van der Waals surface area contributed by atoms with E-state index in [2.05, 4.69) is 24.9 Å². The van der Waals surface area contributed by atoms with Gasteiger partial charge in [0.15, 0.2) is 0 Å². The molecule has 0 saturated carbocycles. The zero-order chi connectivity index (χ0) is 22.9. The van der Waals surface area contributed by atoms with Crippen LogP contribution in [0.15, 0.2) is 65.5 Å². The van der Waals surface area contributed by atoms with Gasteiger partial charge in [-0.3, -0.25) is 9.35 Å². The van der Waals surface area contributed by atoms with E-state index >= 15 is 0 Å². The quantitative estimate of drug-likeness (QED) is 0.287. The maximum atomic E-state index is 14.8. The molecule has 166 valence electrons. The van der Waals surface area contributed by atoms with Crippen LogP contribution < -0.4 is 10.3 Å². The van der Waals surface area contributed by atoms with E-state index in [1.54, 1.807) is 42.5 Å². The molecule has 0 aliphatic heterocycles. The second-order valence-electron chi connectivity index (χ2n) is 7.52. The van der Waals surface area contributed by atoms with Gasteiger partial charge >= 0.3 is 0 Å². The van der Waals surface area contributed by atoms with Crippen LogP contribution in [-0.2, 0) is 24.2 Å². The van der Waals surface area contributed by atoms with Crippen molar-refractivity contribution in [2.24, 2.45) is 0 Å². The van der Waals surface area contributed by atoms with Crippen molar-refractivity contribution in [2.75, 3.05) is 0 Å². The van der Waals surface area contributed by atoms with Crippen LogP contribution in [0.2, 0.25) is 0 Å². The summed E-state index contributed by atoms with van der Waals surface area (Å²) in [7, 11) is 0. The van der Waals surface area contributed by atoms with Gasteiger partial charge in [0.05, 0.1) is 28.7 Å². The number of hydrogen-bond donors (Lipinski definition) is 4. The average Bonchev–Trinajstić information content (AvgIpc) is 3.23. The third kappa shape index (κ3) is 4.31. The Bertz CT molecular complexity index is 1580. The van der Waals surface area contributed by atoms with E-state index in [0.717, 1.165) is 10.9 Å². The molecule has 8 nitrogen and oxygen atoms in total. The van der Waals surface area contributed by atoms with Gasteiger partial charge in [-0.1, -0.05) is 30.3 Å². The number of halogens is 1. The fourth-order valence-electron chi connectivity index (χ4n) is 3.85. The first-order valence-electron chi connectivity index (χ1n) is 10.1. The maximum Gasteiger partial charge on any atom is 0.272 e. The highest BCUT2D eigenvalue weighted by Crippen LogP contribution is 2.28. The lowest BCUT2D eigenvalue weighted by molar-refractivity contribution is 0.547. The van der Waals surface area contributed by atoms with E-state index in [1.165, 1.54) is 6.07 Å². The minimum Gasteiger partial charge on any atom is -0.341 e. The highest BCUT2D eigenvalue weighted by atomic mass is 32.2. The molecule has 0 amide bonds.